The molecule has 20 heavy (non-hydrogen) atoms. The van der Waals surface area contributed by atoms with Gasteiger partial charge in [0, 0.05) is 29.0 Å². The largest absolute Gasteiger partial charge is 0.397 e. The lowest BCUT2D eigenvalue weighted by molar-refractivity contribution is 0.775. The minimum atomic E-state index is 0.509. The van der Waals surface area contributed by atoms with E-state index in [0.29, 0.717) is 11.7 Å². The molecule has 0 unspecified atom stereocenters. The van der Waals surface area contributed by atoms with E-state index in [2.05, 4.69) is 9.55 Å². The van der Waals surface area contributed by atoms with E-state index in [4.69, 9.17) is 22.3 Å². The summed E-state index contributed by atoms with van der Waals surface area (Å²) >= 11 is 6.12. The Morgan fingerprint density at radius 2 is 2.05 bits per heavy atom. The standard InChI is InChI=1S/C15H13ClN4/c16-10-1-4-13-14(6-10)20(12-2-3-12)15(19-13)9-5-11(17)8-18-7-9/h1,4-8,12H,2-3,17H2. The molecule has 5 heteroatoms. The number of nitrogen functional groups attached to an aromatic ring is 1. The molecule has 1 aromatic carbocycles. The summed E-state index contributed by atoms with van der Waals surface area (Å²) in [6.07, 6.45) is 5.81. The Balaban J connectivity index is 2.01. The van der Waals surface area contributed by atoms with Gasteiger partial charge in [0.1, 0.15) is 5.82 Å². The lowest BCUT2D eigenvalue weighted by Gasteiger charge is -2.07. The van der Waals surface area contributed by atoms with Crippen LogP contribution < -0.4 is 5.73 Å². The van der Waals surface area contributed by atoms with E-state index in [0.717, 1.165) is 27.4 Å². The first kappa shape index (κ1) is 11.7. The van der Waals surface area contributed by atoms with Crippen LogP contribution in [0.5, 0.6) is 0 Å². The van der Waals surface area contributed by atoms with Gasteiger partial charge in [-0.05, 0) is 37.1 Å². The van der Waals surface area contributed by atoms with Crippen LogP contribution in [0.1, 0.15) is 18.9 Å². The number of pyridine rings is 1. The number of nitrogens with two attached hydrogens (primary N) is 1. The minimum Gasteiger partial charge on any atom is -0.397 e. The molecular formula is C15H13ClN4. The van der Waals surface area contributed by atoms with Crippen molar-refractivity contribution in [2.24, 2.45) is 0 Å². The number of imidazole rings is 1. The second-order valence-electron chi connectivity index (χ2n) is 5.18. The first-order chi connectivity index (χ1) is 9.72. The van der Waals surface area contributed by atoms with Gasteiger partial charge >= 0.3 is 0 Å². The van der Waals surface area contributed by atoms with Gasteiger partial charge in [-0.2, -0.15) is 0 Å². The summed E-state index contributed by atoms with van der Waals surface area (Å²) in [6.45, 7) is 0. The van der Waals surface area contributed by atoms with Crippen molar-refractivity contribution in [1.29, 1.82) is 0 Å². The van der Waals surface area contributed by atoms with Gasteiger partial charge < -0.3 is 10.3 Å². The average molecular weight is 285 g/mol. The Kier molecular flexibility index (Phi) is 2.47. The maximum absolute atomic E-state index is 6.12. The lowest BCUT2D eigenvalue weighted by Crippen LogP contribution is -1.98. The van der Waals surface area contributed by atoms with Gasteiger partial charge in [0.15, 0.2) is 0 Å². The molecule has 0 amide bonds. The van der Waals surface area contributed by atoms with Gasteiger partial charge in [0.05, 0.1) is 16.7 Å². The smallest absolute Gasteiger partial charge is 0.143 e. The number of fused-ring (bicyclic) bond motifs is 1. The molecule has 1 aliphatic rings. The van der Waals surface area contributed by atoms with Crippen LogP contribution in [0.2, 0.25) is 5.02 Å². The first-order valence-electron chi connectivity index (χ1n) is 6.61. The van der Waals surface area contributed by atoms with Gasteiger partial charge in [-0.25, -0.2) is 4.98 Å². The van der Waals surface area contributed by atoms with Crippen molar-refractivity contribution in [3.05, 3.63) is 41.7 Å². The second-order valence-corrected chi connectivity index (χ2v) is 5.61. The maximum Gasteiger partial charge on any atom is 0.143 e. The summed E-state index contributed by atoms with van der Waals surface area (Å²) in [5.41, 5.74) is 9.47. The SMILES string of the molecule is Nc1cncc(-c2nc3ccc(Cl)cc3n2C2CC2)c1. The number of nitrogens with zero attached hydrogens (tertiary/aromatic N) is 3. The quantitative estimate of drug-likeness (QED) is 0.781. The van der Waals surface area contributed by atoms with Crippen LogP contribution in [0.4, 0.5) is 5.69 Å². The van der Waals surface area contributed by atoms with Crippen molar-refractivity contribution >= 4 is 28.3 Å². The summed E-state index contributed by atoms with van der Waals surface area (Å²) in [7, 11) is 0. The number of hydrogen-bond acceptors (Lipinski definition) is 3. The van der Waals surface area contributed by atoms with Crippen LogP contribution in [-0.4, -0.2) is 14.5 Å². The van der Waals surface area contributed by atoms with Gasteiger partial charge in [-0.15, -0.1) is 0 Å². The molecule has 2 aromatic heterocycles. The van der Waals surface area contributed by atoms with E-state index in [1.54, 1.807) is 12.4 Å². The average Bonchev–Trinajstić information content (AvgIpc) is 3.19. The van der Waals surface area contributed by atoms with Crippen molar-refractivity contribution in [3.8, 4) is 11.4 Å². The third-order valence-electron chi connectivity index (χ3n) is 3.58. The Bertz CT molecular complexity index is 805. The first-order valence-corrected chi connectivity index (χ1v) is 6.98. The molecular weight excluding hydrogens is 272 g/mol. The van der Waals surface area contributed by atoms with Gasteiger partial charge in [-0.1, -0.05) is 11.6 Å². The molecule has 2 N–H and O–H groups in total. The molecule has 0 aliphatic heterocycles. The summed E-state index contributed by atoms with van der Waals surface area (Å²) in [4.78, 5) is 8.90. The number of anilines is 1. The molecule has 0 spiro atoms. The third-order valence-corrected chi connectivity index (χ3v) is 3.82. The lowest BCUT2D eigenvalue weighted by atomic mass is 10.2. The van der Waals surface area contributed by atoms with E-state index in [1.807, 2.05) is 24.3 Å². The van der Waals surface area contributed by atoms with Gasteiger partial charge in [0.25, 0.3) is 0 Å². The Hall–Kier alpha value is -2.07. The summed E-state index contributed by atoms with van der Waals surface area (Å²) in [5.74, 6) is 0.921. The monoisotopic (exact) mass is 284 g/mol. The van der Waals surface area contributed by atoms with Crippen LogP contribution in [-0.2, 0) is 0 Å². The molecule has 0 bridgehead atoms. The van der Waals surface area contributed by atoms with Gasteiger partial charge in [-0.3, -0.25) is 4.98 Å². The molecule has 4 nitrogen and oxygen atoms in total. The van der Waals surface area contributed by atoms with Crippen LogP contribution in [0, 0.1) is 0 Å². The van der Waals surface area contributed by atoms with Crippen molar-refractivity contribution in [2.75, 3.05) is 5.73 Å². The molecule has 2 heterocycles. The summed E-state index contributed by atoms with van der Waals surface area (Å²) in [5, 5.41) is 0.733. The van der Waals surface area contributed by atoms with Crippen molar-refractivity contribution in [2.45, 2.75) is 18.9 Å². The van der Waals surface area contributed by atoms with E-state index in [1.165, 1.54) is 12.8 Å². The van der Waals surface area contributed by atoms with Crippen LogP contribution >= 0.6 is 11.6 Å². The molecule has 100 valence electrons. The fourth-order valence-electron chi connectivity index (χ4n) is 2.55. The van der Waals surface area contributed by atoms with Crippen molar-refractivity contribution < 1.29 is 0 Å². The fourth-order valence-corrected chi connectivity index (χ4v) is 2.72. The molecule has 1 saturated carbocycles. The summed E-state index contributed by atoms with van der Waals surface area (Å²) in [6, 6.07) is 8.23. The third kappa shape index (κ3) is 1.84. The highest BCUT2D eigenvalue weighted by molar-refractivity contribution is 6.31. The maximum atomic E-state index is 6.12. The number of hydrogen-bond donors (Lipinski definition) is 1. The van der Waals surface area contributed by atoms with Gasteiger partial charge in [0.2, 0.25) is 0 Å². The highest BCUT2D eigenvalue weighted by atomic mass is 35.5. The predicted octanol–water partition coefficient (Wildman–Crippen LogP) is 3.67. The number of aromatic nitrogens is 3. The summed E-state index contributed by atoms with van der Waals surface area (Å²) < 4.78 is 2.26. The molecule has 0 atom stereocenters. The number of rotatable bonds is 2. The molecule has 0 radical (unpaired) electrons. The number of benzene rings is 1. The molecule has 1 aliphatic carbocycles. The molecule has 3 aromatic rings. The molecule has 4 rings (SSSR count). The predicted molar refractivity (Wildman–Crippen MR) is 80.7 cm³/mol. The van der Waals surface area contributed by atoms with E-state index in [9.17, 15) is 0 Å². The fraction of sp³-hybridized carbons (Fsp3) is 0.200. The zero-order valence-electron chi connectivity index (χ0n) is 10.8. The molecule has 0 saturated heterocycles. The van der Waals surface area contributed by atoms with E-state index in [-0.39, 0.29) is 0 Å². The molecule has 1 fully saturated rings. The minimum absolute atomic E-state index is 0.509. The topological polar surface area (TPSA) is 56.7 Å². The Labute approximate surface area is 121 Å². The van der Waals surface area contributed by atoms with E-state index >= 15 is 0 Å². The normalized spacial score (nSPS) is 14.8. The van der Waals surface area contributed by atoms with E-state index < -0.39 is 0 Å². The second kappa shape index (κ2) is 4.21. The van der Waals surface area contributed by atoms with Crippen molar-refractivity contribution in [3.63, 3.8) is 0 Å². The zero-order valence-corrected chi connectivity index (χ0v) is 11.5. The van der Waals surface area contributed by atoms with Crippen LogP contribution in [0.15, 0.2) is 36.7 Å². The van der Waals surface area contributed by atoms with Crippen molar-refractivity contribution in [1.82, 2.24) is 14.5 Å². The highest BCUT2D eigenvalue weighted by Crippen LogP contribution is 2.41. The Morgan fingerprint density at radius 1 is 1.20 bits per heavy atom. The zero-order chi connectivity index (χ0) is 13.7. The van der Waals surface area contributed by atoms with Crippen LogP contribution in [0.25, 0.3) is 22.4 Å². The number of halogens is 1. The highest BCUT2D eigenvalue weighted by Gasteiger charge is 2.28. The Morgan fingerprint density at radius 3 is 2.80 bits per heavy atom. The van der Waals surface area contributed by atoms with Crippen LogP contribution in [0.3, 0.4) is 0 Å².